The Morgan fingerprint density at radius 3 is 2.28 bits per heavy atom. The van der Waals surface area contributed by atoms with E-state index in [4.69, 9.17) is 5.73 Å². The lowest BCUT2D eigenvalue weighted by atomic mass is 10.0. The summed E-state index contributed by atoms with van der Waals surface area (Å²) >= 11 is 0. The first-order valence-corrected chi connectivity index (χ1v) is 7.66. The van der Waals surface area contributed by atoms with Crippen LogP contribution in [0.5, 0.6) is 0 Å². The molecule has 4 heteroatoms. The lowest BCUT2D eigenvalue weighted by Gasteiger charge is -2.35. The maximum Gasteiger partial charge on any atom is 0.0695 e. The van der Waals surface area contributed by atoms with Crippen molar-refractivity contribution >= 4 is 0 Å². The second-order valence-electron chi connectivity index (χ2n) is 6.38. The molecule has 2 heterocycles. The molecule has 1 aliphatic carbocycles. The van der Waals surface area contributed by atoms with E-state index in [0.29, 0.717) is 18.1 Å². The number of aliphatic hydroxyl groups excluding tert-OH is 1. The van der Waals surface area contributed by atoms with Gasteiger partial charge < -0.3 is 10.8 Å². The predicted octanol–water partition coefficient (Wildman–Crippen LogP) is 0.397. The van der Waals surface area contributed by atoms with Crippen molar-refractivity contribution in [2.45, 2.75) is 62.8 Å². The largest absolute Gasteiger partial charge is 0.391 e. The van der Waals surface area contributed by atoms with Crippen LogP contribution in [0.4, 0.5) is 0 Å². The normalized spacial score (nSPS) is 40.7. The molecule has 3 fully saturated rings. The molecule has 18 heavy (non-hydrogen) atoms. The number of likely N-dealkylation sites (tertiary alicyclic amines) is 2. The van der Waals surface area contributed by atoms with Crippen LogP contribution in [-0.2, 0) is 0 Å². The summed E-state index contributed by atoms with van der Waals surface area (Å²) in [7, 11) is 0. The highest BCUT2D eigenvalue weighted by molar-refractivity contribution is 4.93. The standard InChI is InChI=1S/C14H27N3O/c15-11-4-7-16(8-5-11)12-6-9-17(10-12)13-2-1-3-14(13)18/h11-14,18H,1-10,15H2. The quantitative estimate of drug-likeness (QED) is 0.748. The highest BCUT2D eigenvalue weighted by Crippen LogP contribution is 2.29. The third-order valence-corrected chi connectivity index (χ3v) is 5.20. The molecule has 1 saturated carbocycles. The number of hydrogen-bond acceptors (Lipinski definition) is 4. The van der Waals surface area contributed by atoms with Gasteiger partial charge in [-0.05, 0) is 51.6 Å². The third-order valence-electron chi connectivity index (χ3n) is 5.20. The lowest BCUT2D eigenvalue weighted by Crippen LogP contribution is -2.47. The summed E-state index contributed by atoms with van der Waals surface area (Å²) < 4.78 is 0. The first kappa shape index (κ1) is 12.9. The van der Waals surface area contributed by atoms with Crippen LogP contribution >= 0.6 is 0 Å². The maximum absolute atomic E-state index is 10.0. The van der Waals surface area contributed by atoms with Crippen molar-refractivity contribution in [3.63, 3.8) is 0 Å². The van der Waals surface area contributed by atoms with E-state index in [0.717, 1.165) is 25.8 Å². The van der Waals surface area contributed by atoms with Crippen LogP contribution < -0.4 is 5.73 Å². The van der Waals surface area contributed by atoms with Gasteiger partial charge in [0.25, 0.3) is 0 Å². The molecule has 3 atom stereocenters. The van der Waals surface area contributed by atoms with Gasteiger partial charge in [-0.3, -0.25) is 9.80 Å². The monoisotopic (exact) mass is 253 g/mol. The molecule has 2 saturated heterocycles. The first-order valence-electron chi connectivity index (χ1n) is 7.66. The van der Waals surface area contributed by atoms with Gasteiger partial charge in [0.1, 0.15) is 0 Å². The fourth-order valence-electron chi connectivity index (χ4n) is 4.00. The van der Waals surface area contributed by atoms with E-state index in [1.54, 1.807) is 0 Å². The highest BCUT2D eigenvalue weighted by atomic mass is 16.3. The van der Waals surface area contributed by atoms with Gasteiger partial charge in [0.05, 0.1) is 6.10 Å². The average Bonchev–Trinajstić information content (AvgIpc) is 2.98. The molecule has 0 bridgehead atoms. The molecule has 2 aliphatic heterocycles. The number of nitrogens with zero attached hydrogens (tertiary/aromatic N) is 2. The van der Waals surface area contributed by atoms with Gasteiger partial charge in [0.15, 0.2) is 0 Å². The fraction of sp³-hybridized carbons (Fsp3) is 1.00. The summed E-state index contributed by atoms with van der Waals surface area (Å²) in [6.45, 7) is 4.69. The van der Waals surface area contributed by atoms with Crippen molar-refractivity contribution in [3.05, 3.63) is 0 Å². The maximum atomic E-state index is 10.0. The Labute approximate surface area is 110 Å². The molecule has 0 radical (unpaired) electrons. The zero-order chi connectivity index (χ0) is 12.5. The summed E-state index contributed by atoms with van der Waals surface area (Å²) in [6, 6.07) is 1.59. The molecule has 3 N–H and O–H groups in total. The Morgan fingerprint density at radius 2 is 1.61 bits per heavy atom. The molecule has 104 valence electrons. The molecule has 3 rings (SSSR count). The zero-order valence-corrected chi connectivity index (χ0v) is 11.3. The molecule has 0 aromatic rings. The van der Waals surface area contributed by atoms with Crippen LogP contribution in [0.2, 0.25) is 0 Å². The van der Waals surface area contributed by atoms with E-state index < -0.39 is 0 Å². The van der Waals surface area contributed by atoms with Gasteiger partial charge in [0, 0.05) is 31.2 Å². The van der Waals surface area contributed by atoms with Crippen LogP contribution in [0, 0.1) is 0 Å². The highest BCUT2D eigenvalue weighted by Gasteiger charge is 2.37. The van der Waals surface area contributed by atoms with Crippen LogP contribution in [0.3, 0.4) is 0 Å². The molecule has 0 aromatic heterocycles. The van der Waals surface area contributed by atoms with Gasteiger partial charge in [-0.2, -0.15) is 0 Å². The average molecular weight is 253 g/mol. The van der Waals surface area contributed by atoms with Crippen LogP contribution in [0.15, 0.2) is 0 Å². The van der Waals surface area contributed by atoms with Crippen molar-refractivity contribution in [3.8, 4) is 0 Å². The number of piperidine rings is 1. The summed E-state index contributed by atoms with van der Waals surface area (Å²) in [5.74, 6) is 0. The van der Waals surface area contributed by atoms with E-state index in [2.05, 4.69) is 9.80 Å². The van der Waals surface area contributed by atoms with Gasteiger partial charge in [-0.15, -0.1) is 0 Å². The topological polar surface area (TPSA) is 52.7 Å². The van der Waals surface area contributed by atoms with Gasteiger partial charge in [-0.25, -0.2) is 0 Å². The number of hydrogen-bond donors (Lipinski definition) is 2. The van der Waals surface area contributed by atoms with Crippen molar-refractivity contribution in [1.82, 2.24) is 9.80 Å². The van der Waals surface area contributed by atoms with E-state index in [1.807, 2.05) is 0 Å². The minimum absolute atomic E-state index is 0.0708. The summed E-state index contributed by atoms with van der Waals surface area (Å²) in [4.78, 5) is 5.17. The van der Waals surface area contributed by atoms with Crippen molar-refractivity contribution in [2.75, 3.05) is 26.2 Å². The molecule has 0 spiro atoms. The minimum Gasteiger partial charge on any atom is -0.391 e. The number of rotatable bonds is 2. The summed E-state index contributed by atoms with van der Waals surface area (Å²) in [5.41, 5.74) is 5.97. The van der Waals surface area contributed by atoms with Gasteiger partial charge >= 0.3 is 0 Å². The SMILES string of the molecule is NC1CCN(C2CCN(C3CCCC3O)C2)CC1. The summed E-state index contributed by atoms with van der Waals surface area (Å²) in [6.07, 6.45) is 6.91. The second kappa shape index (κ2) is 5.45. The third kappa shape index (κ3) is 2.57. The summed E-state index contributed by atoms with van der Waals surface area (Å²) in [5, 5.41) is 10.0. The van der Waals surface area contributed by atoms with Crippen molar-refractivity contribution < 1.29 is 5.11 Å². The smallest absolute Gasteiger partial charge is 0.0695 e. The Bertz CT molecular complexity index is 278. The van der Waals surface area contributed by atoms with E-state index in [1.165, 1.54) is 38.9 Å². The van der Waals surface area contributed by atoms with E-state index >= 15 is 0 Å². The van der Waals surface area contributed by atoms with Crippen LogP contribution in [0.25, 0.3) is 0 Å². The Balaban J connectivity index is 1.52. The molecular weight excluding hydrogens is 226 g/mol. The van der Waals surface area contributed by atoms with E-state index in [-0.39, 0.29) is 6.10 Å². The Morgan fingerprint density at radius 1 is 0.889 bits per heavy atom. The van der Waals surface area contributed by atoms with Crippen LogP contribution in [0.1, 0.15) is 38.5 Å². The lowest BCUT2D eigenvalue weighted by molar-refractivity contribution is 0.0762. The van der Waals surface area contributed by atoms with Crippen molar-refractivity contribution in [2.24, 2.45) is 5.73 Å². The minimum atomic E-state index is -0.0708. The van der Waals surface area contributed by atoms with Gasteiger partial charge in [-0.1, -0.05) is 0 Å². The number of aliphatic hydroxyl groups is 1. The number of nitrogens with two attached hydrogens (primary N) is 1. The molecule has 4 nitrogen and oxygen atoms in total. The predicted molar refractivity (Wildman–Crippen MR) is 72.4 cm³/mol. The molecule has 0 aromatic carbocycles. The van der Waals surface area contributed by atoms with Gasteiger partial charge in [0.2, 0.25) is 0 Å². The molecule has 3 unspecified atom stereocenters. The molecular formula is C14H27N3O. The van der Waals surface area contributed by atoms with E-state index in [9.17, 15) is 5.11 Å². The Kier molecular flexibility index (Phi) is 3.89. The second-order valence-corrected chi connectivity index (χ2v) is 6.38. The zero-order valence-electron chi connectivity index (χ0n) is 11.3. The molecule has 0 amide bonds. The fourth-order valence-corrected chi connectivity index (χ4v) is 4.00. The molecule has 3 aliphatic rings. The van der Waals surface area contributed by atoms with Crippen molar-refractivity contribution in [1.29, 1.82) is 0 Å². The first-order chi connectivity index (χ1) is 8.74. The Hall–Kier alpha value is -0.160. The van der Waals surface area contributed by atoms with Crippen LogP contribution in [-0.4, -0.2) is 65.3 Å².